The molecule has 0 spiro atoms. The fraction of sp³-hybridized carbons (Fsp3) is 1.00. The molecule has 0 aromatic carbocycles. The second kappa shape index (κ2) is 3.83. The first-order chi connectivity index (χ1) is 3.66. The first-order valence-corrected chi connectivity index (χ1v) is 2.74. The Hall–Kier alpha value is -0.120. The molecule has 0 fully saturated rings. The zero-order valence-electron chi connectivity index (χ0n) is 5.39. The van der Waals surface area contributed by atoms with Crippen molar-refractivity contribution >= 4 is 0 Å². The minimum Gasteiger partial charge on any atom is -0.393 e. The van der Waals surface area contributed by atoms with Crippen LogP contribution in [0, 0.1) is 0 Å². The van der Waals surface area contributed by atoms with Crippen LogP contribution < -0.4 is 4.90 Å². The Labute approximate surface area is 49.5 Å². The van der Waals surface area contributed by atoms with Crippen molar-refractivity contribution in [3.63, 3.8) is 0 Å². The Morgan fingerprint density at radius 3 is 2.12 bits per heavy atom. The molecule has 3 N–H and O–H groups in total. The van der Waals surface area contributed by atoms with Crippen LogP contribution in [0.5, 0.6) is 0 Å². The summed E-state index contributed by atoms with van der Waals surface area (Å²) in [5.41, 5.74) is 0. The van der Waals surface area contributed by atoms with Crippen molar-refractivity contribution in [1.82, 2.24) is 0 Å². The van der Waals surface area contributed by atoms with E-state index in [1.54, 1.807) is 0 Å². The summed E-state index contributed by atoms with van der Waals surface area (Å²) in [6, 6.07) is 0. The number of hydrogen-bond donors (Lipinski definition) is 3. The van der Waals surface area contributed by atoms with Gasteiger partial charge in [0.2, 0.25) is 0 Å². The summed E-state index contributed by atoms with van der Waals surface area (Å²) in [7, 11) is 3.86. The molecule has 1 atom stereocenters. The van der Waals surface area contributed by atoms with Crippen molar-refractivity contribution in [2.24, 2.45) is 0 Å². The van der Waals surface area contributed by atoms with Gasteiger partial charge in [-0.15, -0.1) is 0 Å². The third-order valence-electron chi connectivity index (χ3n) is 0.855. The van der Waals surface area contributed by atoms with Gasteiger partial charge in [0.1, 0.15) is 12.6 Å². The number of rotatable bonds is 3. The van der Waals surface area contributed by atoms with E-state index in [2.05, 4.69) is 0 Å². The lowest BCUT2D eigenvalue weighted by Crippen LogP contribution is -3.07. The number of quaternary nitrogens is 1. The molecule has 0 rings (SSSR count). The molecule has 50 valence electrons. The van der Waals surface area contributed by atoms with Crippen molar-refractivity contribution < 1.29 is 15.1 Å². The van der Waals surface area contributed by atoms with E-state index in [9.17, 15) is 0 Å². The highest BCUT2D eigenvalue weighted by atomic mass is 16.3. The molecule has 0 aliphatic rings. The summed E-state index contributed by atoms with van der Waals surface area (Å²) < 4.78 is 0. The van der Waals surface area contributed by atoms with Crippen LogP contribution in [0.2, 0.25) is 0 Å². The average Bonchev–Trinajstić information content (AvgIpc) is 1.65. The van der Waals surface area contributed by atoms with Gasteiger partial charge < -0.3 is 15.1 Å². The molecule has 8 heavy (non-hydrogen) atoms. The number of aliphatic hydroxyl groups excluding tert-OH is 2. The second-order valence-electron chi connectivity index (χ2n) is 2.25. The lowest BCUT2D eigenvalue weighted by atomic mass is 10.4. The van der Waals surface area contributed by atoms with Crippen LogP contribution >= 0.6 is 0 Å². The lowest BCUT2D eigenvalue weighted by molar-refractivity contribution is -0.861. The van der Waals surface area contributed by atoms with Gasteiger partial charge in [0.15, 0.2) is 0 Å². The molecule has 0 aromatic rings. The van der Waals surface area contributed by atoms with Crippen molar-refractivity contribution in [2.75, 3.05) is 27.2 Å². The van der Waals surface area contributed by atoms with E-state index in [0.717, 1.165) is 4.90 Å². The zero-order chi connectivity index (χ0) is 6.57. The molecule has 0 radical (unpaired) electrons. The molecule has 3 heteroatoms. The zero-order valence-corrected chi connectivity index (χ0v) is 5.39. The molecule has 0 amide bonds. The topological polar surface area (TPSA) is 44.9 Å². The SMILES string of the molecule is C[NH+](C)C[C@@H](O)CO. The van der Waals surface area contributed by atoms with Crippen LogP contribution in [-0.2, 0) is 0 Å². The number of aliphatic hydroxyl groups is 2. The molecule has 0 aliphatic carbocycles. The van der Waals surface area contributed by atoms with Gasteiger partial charge in [-0.25, -0.2) is 0 Å². The predicted molar refractivity (Wildman–Crippen MR) is 30.8 cm³/mol. The van der Waals surface area contributed by atoms with E-state index >= 15 is 0 Å². The summed E-state index contributed by atoms with van der Waals surface area (Å²) in [4.78, 5) is 1.14. The van der Waals surface area contributed by atoms with Crippen LogP contribution in [0.15, 0.2) is 0 Å². The Bertz CT molecular complexity index is 56.4. The Kier molecular flexibility index (Phi) is 3.77. The highest BCUT2D eigenvalue weighted by molar-refractivity contribution is 4.44. The normalized spacial score (nSPS) is 14.6. The van der Waals surface area contributed by atoms with E-state index in [-0.39, 0.29) is 6.61 Å². The third kappa shape index (κ3) is 4.05. The Morgan fingerprint density at radius 2 is 2.00 bits per heavy atom. The number of nitrogens with one attached hydrogen (secondary N) is 1. The van der Waals surface area contributed by atoms with E-state index in [1.807, 2.05) is 14.1 Å². The average molecular weight is 120 g/mol. The molecule has 0 bridgehead atoms. The second-order valence-corrected chi connectivity index (χ2v) is 2.25. The van der Waals surface area contributed by atoms with Gasteiger partial charge in [-0.3, -0.25) is 0 Å². The Balaban J connectivity index is 3.10. The number of likely N-dealkylation sites (N-methyl/N-ethyl adjacent to an activating group) is 1. The molecule has 0 saturated heterocycles. The van der Waals surface area contributed by atoms with E-state index in [1.165, 1.54) is 0 Å². The van der Waals surface area contributed by atoms with E-state index in [4.69, 9.17) is 10.2 Å². The predicted octanol–water partition coefficient (Wildman–Crippen LogP) is -2.52. The van der Waals surface area contributed by atoms with E-state index in [0.29, 0.717) is 6.54 Å². The van der Waals surface area contributed by atoms with Crippen molar-refractivity contribution in [3.8, 4) is 0 Å². The number of hydrogen-bond acceptors (Lipinski definition) is 2. The monoisotopic (exact) mass is 120 g/mol. The molecule has 0 aromatic heterocycles. The van der Waals surface area contributed by atoms with Gasteiger partial charge in [0.05, 0.1) is 20.7 Å². The first kappa shape index (κ1) is 7.88. The standard InChI is InChI=1S/C5H13NO2/c1-6(2)3-5(8)4-7/h5,7-8H,3-4H2,1-2H3/p+1/t5-/m1/s1. The lowest BCUT2D eigenvalue weighted by Gasteiger charge is -2.09. The molecular formula is C5H14NO2+. The highest BCUT2D eigenvalue weighted by Crippen LogP contribution is 1.69. The van der Waals surface area contributed by atoms with Gasteiger partial charge in [-0.1, -0.05) is 0 Å². The third-order valence-corrected chi connectivity index (χ3v) is 0.855. The Morgan fingerprint density at radius 1 is 1.50 bits per heavy atom. The molecule has 0 heterocycles. The van der Waals surface area contributed by atoms with Crippen LogP contribution in [0.1, 0.15) is 0 Å². The maximum Gasteiger partial charge on any atom is 0.126 e. The molecule has 3 nitrogen and oxygen atoms in total. The minimum atomic E-state index is -0.556. The fourth-order valence-electron chi connectivity index (χ4n) is 0.536. The molecule has 0 aliphatic heterocycles. The summed E-state index contributed by atoms with van der Waals surface area (Å²) in [5, 5.41) is 17.1. The van der Waals surface area contributed by atoms with Gasteiger partial charge in [0.25, 0.3) is 0 Å². The molecular weight excluding hydrogens is 106 g/mol. The quantitative estimate of drug-likeness (QED) is 0.385. The van der Waals surface area contributed by atoms with Gasteiger partial charge >= 0.3 is 0 Å². The fourth-order valence-corrected chi connectivity index (χ4v) is 0.536. The molecule has 0 saturated carbocycles. The first-order valence-electron chi connectivity index (χ1n) is 2.74. The van der Waals surface area contributed by atoms with Gasteiger partial charge in [-0.2, -0.15) is 0 Å². The van der Waals surface area contributed by atoms with Crippen LogP contribution in [0.25, 0.3) is 0 Å². The van der Waals surface area contributed by atoms with Crippen LogP contribution in [-0.4, -0.2) is 43.6 Å². The van der Waals surface area contributed by atoms with Crippen molar-refractivity contribution in [3.05, 3.63) is 0 Å². The van der Waals surface area contributed by atoms with Crippen LogP contribution in [0.4, 0.5) is 0 Å². The minimum absolute atomic E-state index is 0.134. The van der Waals surface area contributed by atoms with Gasteiger partial charge in [-0.05, 0) is 0 Å². The largest absolute Gasteiger partial charge is 0.393 e. The van der Waals surface area contributed by atoms with E-state index < -0.39 is 6.10 Å². The molecule has 0 unspecified atom stereocenters. The maximum absolute atomic E-state index is 8.76. The van der Waals surface area contributed by atoms with Crippen molar-refractivity contribution in [2.45, 2.75) is 6.10 Å². The summed E-state index contributed by atoms with van der Waals surface area (Å²) in [6.07, 6.45) is -0.556. The smallest absolute Gasteiger partial charge is 0.126 e. The van der Waals surface area contributed by atoms with Crippen molar-refractivity contribution in [1.29, 1.82) is 0 Å². The van der Waals surface area contributed by atoms with Crippen LogP contribution in [0.3, 0.4) is 0 Å². The van der Waals surface area contributed by atoms with Gasteiger partial charge in [0, 0.05) is 0 Å². The summed E-state index contributed by atoms with van der Waals surface area (Å²) in [6.45, 7) is 0.474. The highest BCUT2D eigenvalue weighted by Gasteiger charge is 2.03. The summed E-state index contributed by atoms with van der Waals surface area (Å²) in [5.74, 6) is 0. The maximum atomic E-state index is 8.76. The summed E-state index contributed by atoms with van der Waals surface area (Å²) >= 11 is 0.